The summed E-state index contributed by atoms with van der Waals surface area (Å²) in [5.41, 5.74) is 3.39. The van der Waals surface area contributed by atoms with Gasteiger partial charge < -0.3 is 0 Å². The average Bonchev–Trinajstić information content (AvgIpc) is 3.04. The van der Waals surface area contributed by atoms with Gasteiger partial charge in [0, 0.05) is 6.20 Å². The summed E-state index contributed by atoms with van der Waals surface area (Å²) >= 11 is 1.72. The molecular weight excluding hydrogens is 302 g/mol. The molecule has 3 nitrogen and oxygen atoms in total. The average molecular weight is 317 g/mol. The molecule has 4 aromatic rings. The maximum absolute atomic E-state index is 4.36. The highest BCUT2D eigenvalue weighted by Gasteiger charge is 2.18. The number of rotatable bonds is 4. The lowest BCUT2D eigenvalue weighted by molar-refractivity contribution is 0.915. The van der Waals surface area contributed by atoms with Crippen LogP contribution >= 0.6 is 11.8 Å². The second kappa shape index (κ2) is 6.26. The summed E-state index contributed by atoms with van der Waals surface area (Å²) in [7, 11) is 0. The molecule has 0 saturated heterocycles. The van der Waals surface area contributed by atoms with Crippen LogP contribution in [-0.2, 0) is 0 Å². The fourth-order valence-corrected chi connectivity index (χ4v) is 3.74. The summed E-state index contributed by atoms with van der Waals surface area (Å²) < 4.78 is 2.03. The minimum Gasteiger partial charge on any atom is -0.277 e. The van der Waals surface area contributed by atoms with Crippen LogP contribution in [0, 0.1) is 0 Å². The molecule has 112 valence electrons. The molecule has 0 fully saturated rings. The van der Waals surface area contributed by atoms with Crippen molar-refractivity contribution in [1.29, 1.82) is 0 Å². The molecular formula is C19H15N3S. The Labute approximate surface area is 139 Å². The Kier molecular flexibility index (Phi) is 3.82. The molecule has 0 N–H and O–H groups in total. The topological polar surface area (TPSA) is 30.2 Å². The molecule has 23 heavy (non-hydrogen) atoms. The first-order valence-electron chi connectivity index (χ1n) is 7.48. The Morgan fingerprint density at radius 3 is 1.96 bits per heavy atom. The molecule has 0 aliphatic rings. The van der Waals surface area contributed by atoms with Gasteiger partial charge in [0.2, 0.25) is 0 Å². The minimum absolute atomic E-state index is 0.185. The van der Waals surface area contributed by atoms with E-state index >= 15 is 0 Å². The van der Waals surface area contributed by atoms with E-state index < -0.39 is 0 Å². The van der Waals surface area contributed by atoms with E-state index in [0.29, 0.717) is 0 Å². The van der Waals surface area contributed by atoms with E-state index in [-0.39, 0.29) is 5.25 Å². The maximum Gasteiger partial charge on any atom is 0.196 e. The minimum atomic E-state index is 0.185. The summed E-state index contributed by atoms with van der Waals surface area (Å²) in [6.07, 6.45) is 2.00. The lowest BCUT2D eigenvalue weighted by Gasteiger charge is -2.16. The van der Waals surface area contributed by atoms with Crippen molar-refractivity contribution in [2.75, 3.05) is 0 Å². The van der Waals surface area contributed by atoms with Gasteiger partial charge in [-0.05, 0) is 23.3 Å². The Hall–Kier alpha value is -2.59. The van der Waals surface area contributed by atoms with E-state index in [1.54, 1.807) is 11.8 Å². The molecule has 2 aromatic heterocycles. The SMILES string of the molecule is c1ccc(C(Sc2nnc3ccccn23)c2ccccc2)cc1. The van der Waals surface area contributed by atoms with Gasteiger partial charge in [0.1, 0.15) is 0 Å². The number of aromatic nitrogens is 3. The smallest absolute Gasteiger partial charge is 0.196 e. The van der Waals surface area contributed by atoms with E-state index in [9.17, 15) is 0 Å². The lowest BCUT2D eigenvalue weighted by Crippen LogP contribution is -1.98. The number of fused-ring (bicyclic) bond motifs is 1. The van der Waals surface area contributed by atoms with Crippen LogP contribution in [0.1, 0.15) is 16.4 Å². The van der Waals surface area contributed by atoms with Gasteiger partial charge in [-0.15, -0.1) is 10.2 Å². The van der Waals surface area contributed by atoms with E-state index in [2.05, 4.69) is 58.7 Å². The summed E-state index contributed by atoms with van der Waals surface area (Å²) in [5, 5.41) is 9.70. The molecule has 0 aliphatic heterocycles. The van der Waals surface area contributed by atoms with Crippen LogP contribution in [0.25, 0.3) is 5.65 Å². The third-order valence-corrected chi connectivity index (χ3v) is 4.98. The monoisotopic (exact) mass is 317 g/mol. The van der Waals surface area contributed by atoms with Crippen molar-refractivity contribution >= 4 is 17.4 Å². The zero-order valence-electron chi connectivity index (χ0n) is 12.4. The molecule has 0 spiro atoms. The zero-order valence-corrected chi connectivity index (χ0v) is 13.2. The van der Waals surface area contributed by atoms with Gasteiger partial charge >= 0.3 is 0 Å². The normalized spacial score (nSPS) is 11.2. The van der Waals surface area contributed by atoms with Crippen molar-refractivity contribution in [1.82, 2.24) is 14.6 Å². The lowest BCUT2D eigenvalue weighted by atomic mass is 10.0. The Balaban J connectivity index is 1.77. The highest BCUT2D eigenvalue weighted by Crippen LogP contribution is 2.39. The van der Waals surface area contributed by atoms with Crippen LogP contribution < -0.4 is 0 Å². The molecule has 0 amide bonds. The second-order valence-electron chi connectivity index (χ2n) is 5.23. The van der Waals surface area contributed by atoms with E-state index in [0.717, 1.165) is 10.8 Å². The molecule has 4 rings (SSSR count). The first kappa shape index (κ1) is 14.0. The molecule has 0 bridgehead atoms. The molecule has 0 aliphatic carbocycles. The molecule has 2 aromatic carbocycles. The van der Waals surface area contributed by atoms with Gasteiger partial charge in [-0.2, -0.15) is 0 Å². The van der Waals surface area contributed by atoms with Crippen LogP contribution in [-0.4, -0.2) is 14.6 Å². The van der Waals surface area contributed by atoms with Gasteiger partial charge in [0.15, 0.2) is 10.8 Å². The molecule has 2 heterocycles. The Bertz CT molecular complexity index is 864. The summed E-state index contributed by atoms with van der Waals surface area (Å²) in [6.45, 7) is 0. The number of nitrogens with zero attached hydrogens (tertiary/aromatic N) is 3. The van der Waals surface area contributed by atoms with Gasteiger partial charge in [0.05, 0.1) is 5.25 Å². The van der Waals surface area contributed by atoms with Crippen LogP contribution in [0.3, 0.4) is 0 Å². The van der Waals surface area contributed by atoms with Crippen molar-refractivity contribution in [3.05, 3.63) is 96.2 Å². The predicted molar refractivity (Wildman–Crippen MR) is 93.6 cm³/mol. The summed E-state index contributed by atoms with van der Waals surface area (Å²) in [6, 6.07) is 27.0. The fraction of sp³-hybridized carbons (Fsp3) is 0.0526. The standard InChI is InChI=1S/C19H15N3S/c1-3-9-15(10-4-1)18(16-11-5-2-6-12-16)23-19-21-20-17-13-7-8-14-22(17)19/h1-14,18H. The van der Waals surface area contributed by atoms with Gasteiger partial charge in [-0.1, -0.05) is 78.5 Å². The van der Waals surface area contributed by atoms with Gasteiger partial charge in [-0.25, -0.2) is 0 Å². The number of thioether (sulfide) groups is 1. The van der Waals surface area contributed by atoms with Gasteiger partial charge in [0.25, 0.3) is 0 Å². The van der Waals surface area contributed by atoms with Gasteiger partial charge in [-0.3, -0.25) is 4.40 Å². The highest BCUT2D eigenvalue weighted by molar-refractivity contribution is 7.99. The summed E-state index contributed by atoms with van der Waals surface area (Å²) in [4.78, 5) is 0. The zero-order chi connectivity index (χ0) is 15.5. The maximum atomic E-state index is 4.36. The van der Waals surface area contributed by atoms with E-state index in [1.165, 1.54) is 11.1 Å². The van der Waals surface area contributed by atoms with Crippen molar-refractivity contribution in [3.63, 3.8) is 0 Å². The third-order valence-electron chi connectivity index (χ3n) is 3.71. The number of hydrogen-bond donors (Lipinski definition) is 0. The van der Waals surface area contributed by atoms with Crippen LogP contribution in [0.5, 0.6) is 0 Å². The van der Waals surface area contributed by atoms with Crippen LogP contribution in [0.4, 0.5) is 0 Å². The number of hydrogen-bond acceptors (Lipinski definition) is 3. The molecule has 0 saturated carbocycles. The predicted octanol–water partition coefficient (Wildman–Crippen LogP) is 4.61. The quantitative estimate of drug-likeness (QED) is 0.515. The highest BCUT2D eigenvalue weighted by atomic mass is 32.2. The molecule has 0 unspecified atom stereocenters. The van der Waals surface area contributed by atoms with Crippen LogP contribution in [0.2, 0.25) is 0 Å². The van der Waals surface area contributed by atoms with E-state index in [1.807, 2.05) is 40.9 Å². The largest absolute Gasteiger partial charge is 0.277 e. The van der Waals surface area contributed by atoms with Crippen molar-refractivity contribution in [2.24, 2.45) is 0 Å². The summed E-state index contributed by atoms with van der Waals surface area (Å²) in [5.74, 6) is 0. The first-order chi connectivity index (χ1) is 11.4. The Morgan fingerprint density at radius 2 is 1.30 bits per heavy atom. The third kappa shape index (κ3) is 2.85. The second-order valence-corrected chi connectivity index (χ2v) is 6.30. The van der Waals surface area contributed by atoms with Crippen molar-refractivity contribution in [2.45, 2.75) is 10.4 Å². The fourth-order valence-electron chi connectivity index (χ4n) is 2.59. The van der Waals surface area contributed by atoms with Crippen molar-refractivity contribution < 1.29 is 0 Å². The molecule has 0 atom stereocenters. The molecule has 0 radical (unpaired) electrons. The Morgan fingerprint density at radius 1 is 0.696 bits per heavy atom. The molecule has 4 heteroatoms. The number of benzene rings is 2. The van der Waals surface area contributed by atoms with Crippen molar-refractivity contribution in [3.8, 4) is 0 Å². The van der Waals surface area contributed by atoms with E-state index in [4.69, 9.17) is 0 Å². The van der Waals surface area contributed by atoms with Crippen LogP contribution in [0.15, 0.2) is 90.2 Å². The number of pyridine rings is 1. The first-order valence-corrected chi connectivity index (χ1v) is 8.36.